The number of carbonyl (C=O) groups is 1. The Morgan fingerprint density at radius 3 is 2.60 bits per heavy atom. The van der Waals surface area contributed by atoms with E-state index in [1.54, 1.807) is 0 Å². The van der Waals surface area contributed by atoms with Crippen LogP contribution in [0, 0.1) is 0 Å². The molecule has 0 saturated heterocycles. The van der Waals surface area contributed by atoms with Gasteiger partial charge in [0.05, 0.1) is 0 Å². The Morgan fingerprint density at radius 2 is 1.84 bits per heavy atom. The highest BCUT2D eigenvalue weighted by atomic mass is 16.6. The van der Waals surface area contributed by atoms with E-state index in [4.69, 9.17) is 9.47 Å². The normalized spacial score (nSPS) is 15.5. The molecule has 1 heterocycles. The van der Waals surface area contributed by atoms with Gasteiger partial charge in [-0.25, -0.2) is 0 Å². The summed E-state index contributed by atoms with van der Waals surface area (Å²) < 4.78 is 11.3. The summed E-state index contributed by atoms with van der Waals surface area (Å²) in [6.07, 6.45) is 0.282. The van der Waals surface area contributed by atoms with E-state index < -0.39 is 6.10 Å². The maximum absolute atomic E-state index is 12.3. The fourth-order valence-electron chi connectivity index (χ4n) is 2.85. The molecule has 1 amide bonds. The molecule has 0 aromatic heterocycles. The molecule has 0 radical (unpaired) electrons. The minimum Gasteiger partial charge on any atom is -0.485 e. The zero-order chi connectivity index (χ0) is 17.5. The largest absolute Gasteiger partial charge is 0.485 e. The quantitative estimate of drug-likeness (QED) is 0.788. The van der Waals surface area contributed by atoms with Gasteiger partial charge in [0.2, 0.25) is 6.10 Å². The van der Waals surface area contributed by atoms with Gasteiger partial charge >= 0.3 is 0 Å². The number of amides is 1. The number of para-hydroxylation sites is 3. The van der Waals surface area contributed by atoms with Crippen molar-refractivity contribution in [3.05, 3.63) is 54.6 Å². The summed E-state index contributed by atoms with van der Waals surface area (Å²) in [6.45, 7) is 4.83. The summed E-state index contributed by atoms with van der Waals surface area (Å²) in [4.78, 5) is 14.6. The molecule has 25 heavy (non-hydrogen) atoms. The Labute approximate surface area is 148 Å². The lowest BCUT2D eigenvalue weighted by atomic mass is 10.2. The predicted octanol–water partition coefficient (Wildman–Crippen LogP) is 2.86. The van der Waals surface area contributed by atoms with E-state index in [1.165, 1.54) is 5.69 Å². The minimum atomic E-state index is -0.591. The number of hydrogen-bond acceptors (Lipinski definition) is 4. The molecule has 5 nitrogen and oxygen atoms in total. The predicted molar refractivity (Wildman–Crippen MR) is 98.3 cm³/mol. The highest BCUT2D eigenvalue weighted by molar-refractivity contribution is 5.81. The van der Waals surface area contributed by atoms with E-state index in [1.807, 2.05) is 42.5 Å². The minimum absolute atomic E-state index is 0.128. The zero-order valence-electron chi connectivity index (χ0n) is 14.5. The maximum atomic E-state index is 12.3. The maximum Gasteiger partial charge on any atom is 0.264 e. The first-order valence-electron chi connectivity index (χ1n) is 8.74. The summed E-state index contributed by atoms with van der Waals surface area (Å²) in [5.74, 6) is 1.18. The molecule has 5 heteroatoms. The third-order valence-corrected chi connectivity index (χ3v) is 4.21. The second kappa shape index (κ2) is 8.42. The van der Waals surface area contributed by atoms with Crippen molar-refractivity contribution >= 4 is 11.6 Å². The smallest absolute Gasteiger partial charge is 0.264 e. The van der Waals surface area contributed by atoms with E-state index in [0.717, 1.165) is 19.5 Å². The van der Waals surface area contributed by atoms with E-state index in [2.05, 4.69) is 29.3 Å². The summed E-state index contributed by atoms with van der Waals surface area (Å²) in [7, 11) is 0. The van der Waals surface area contributed by atoms with E-state index in [-0.39, 0.29) is 12.5 Å². The number of nitrogens with one attached hydrogen (secondary N) is 1. The molecule has 0 unspecified atom stereocenters. The summed E-state index contributed by atoms with van der Waals surface area (Å²) >= 11 is 0. The van der Waals surface area contributed by atoms with Crippen LogP contribution in [0.15, 0.2) is 54.6 Å². The van der Waals surface area contributed by atoms with Gasteiger partial charge in [-0.3, -0.25) is 4.79 Å². The molecule has 1 aliphatic rings. The Morgan fingerprint density at radius 1 is 1.12 bits per heavy atom. The lowest BCUT2D eigenvalue weighted by Crippen LogP contribution is -2.44. The van der Waals surface area contributed by atoms with Gasteiger partial charge in [0.25, 0.3) is 5.91 Å². The first-order valence-corrected chi connectivity index (χ1v) is 8.74. The summed E-state index contributed by atoms with van der Waals surface area (Å²) in [6, 6.07) is 17.7. The Hall–Kier alpha value is -2.69. The second-order valence-corrected chi connectivity index (χ2v) is 5.92. The third-order valence-electron chi connectivity index (χ3n) is 4.21. The summed E-state index contributed by atoms with van der Waals surface area (Å²) in [5, 5.41) is 2.94. The number of benzene rings is 2. The molecule has 0 spiro atoms. The van der Waals surface area contributed by atoms with Crippen LogP contribution in [0.25, 0.3) is 0 Å². The number of hydrogen-bond donors (Lipinski definition) is 1. The molecule has 0 saturated carbocycles. The van der Waals surface area contributed by atoms with Crippen molar-refractivity contribution in [3.8, 4) is 11.5 Å². The highest BCUT2D eigenvalue weighted by Crippen LogP contribution is 2.30. The van der Waals surface area contributed by atoms with Gasteiger partial charge in [0.15, 0.2) is 11.5 Å². The van der Waals surface area contributed by atoms with Crippen molar-refractivity contribution in [2.75, 3.05) is 31.1 Å². The molecule has 1 aliphatic heterocycles. The van der Waals surface area contributed by atoms with Crippen LogP contribution in [0.4, 0.5) is 5.69 Å². The molecule has 132 valence electrons. The van der Waals surface area contributed by atoms with Crippen LogP contribution in [0.2, 0.25) is 0 Å². The first kappa shape index (κ1) is 17.1. The monoisotopic (exact) mass is 340 g/mol. The SMILES string of the molecule is CCN(CCCNC(=O)[C@H]1COc2ccccc2O1)c1ccccc1. The van der Waals surface area contributed by atoms with Crippen LogP contribution >= 0.6 is 0 Å². The van der Waals surface area contributed by atoms with Crippen molar-refractivity contribution in [2.24, 2.45) is 0 Å². The fourth-order valence-corrected chi connectivity index (χ4v) is 2.85. The van der Waals surface area contributed by atoms with Crippen LogP contribution < -0.4 is 19.7 Å². The van der Waals surface area contributed by atoms with Crippen LogP contribution in [0.1, 0.15) is 13.3 Å². The third kappa shape index (κ3) is 4.44. The van der Waals surface area contributed by atoms with E-state index in [9.17, 15) is 4.79 Å². The lowest BCUT2D eigenvalue weighted by molar-refractivity contribution is -0.130. The number of rotatable bonds is 7. The zero-order valence-corrected chi connectivity index (χ0v) is 14.5. The molecule has 2 aromatic rings. The topological polar surface area (TPSA) is 50.8 Å². The van der Waals surface area contributed by atoms with Gasteiger partial charge in [-0.2, -0.15) is 0 Å². The molecule has 1 N–H and O–H groups in total. The Bertz CT molecular complexity index is 690. The van der Waals surface area contributed by atoms with Gasteiger partial charge in [-0.1, -0.05) is 30.3 Å². The number of anilines is 1. The van der Waals surface area contributed by atoms with Gasteiger partial charge in [0.1, 0.15) is 6.61 Å². The molecule has 0 fully saturated rings. The molecule has 1 atom stereocenters. The van der Waals surface area contributed by atoms with Gasteiger partial charge in [-0.15, -0.1) is 0 Å². The van der Waals surface area contributed by atoms with Crippen molar-refractivity contribution < 1.29 is 14.3 Å². The average Bonchev–Trinajstić information content (AvgIpc) is 2.68. The van der Waals surface area contributed by atoms with E-state index in [0.29, 0.717) is 18.0 Å². The molecule has 2 aromatic carbocycles. The van der Waals surface area contributed by atoms with Gasteiger partial charge in [0, 0.05) is 25.3 Å². The highest BCUT2D eigenvalue weighted by Gasteiger charge is 2.26. The molecule has 0 aliphatic carbocycles. The van der Waals surface area contributed by atoms with Crippen molar-refractivity contribution in [2.45, 2.75) is 19.4 Å². The number of ether oxygens (including phenoxy) is 2. The van der Waals surface area contributed by atoms with Crippen LogP contribution in [-0.2, 0) is 4.79 Å². The molecule has 0 bridgehead atoms. The lowest BCUT2D eigenvalue weighted by Gasteiger charge is -2.26. The average molecular weight is 340 g/mol. The molecular formula is C20H24N2O3. The molecular weight excluding hydrogens is 316 g/mol. The Balaban J connectivity index is 1.42. The number of fused-ring (bicyclic) bond motifs is 1. The summed E-state index contributed by atoms with van der Waals surface area (Å²) in [5.41, 5.74) is 1.21. The van der Waals surface area contributed by atoms with Gasteiger partial charge < -0.3 is 19.7 Å². The van der Waals surface area contributed by atoms with Crippen molar-refractivity contribution in [1.29, 1.82) is 0 Å². The van der Waals surface area contributed by atoms with Crippen molar-refractivity contribution in [3.63, 3.8) is 0 Å². The first-order chi connectivity index (χ1) is 12.3. The van der Waals surface area contributed by atoms with E-state index >= 15 is 0 Å². The van der Waals surface area contributed by atoms with Crippen LogP contribution in [-0.4, -0.2) is 38.3 Å². The molecule has 3 rings (SSSR count). The second-order valence-electron chi connectivity index (χ2n) is 5.92. The van der Waals surface area contributed by atoms with Crippen LogP contribution in [0.3, 0.4) is 0 Å². The number of carbonyl (C=O) groups excluding carboxylic acids is 1. The van der Waals surface area contributed by atoms with Crippen LogP contribution in [0.5, 0.6) is 11.5 Å². The fraction of sp³-hybridized carbons (Fsp3) is 0.350. The van der Waals surface area contributed by atoms with Crippen molar-refractivity contribution in [1.82, 2.24) is 5.32 Å². The van der Waals surface area contributed by atoms with Gasteiger partial charge in [-0.05, 0) is 37.6 Å². The Kier molecular flexibility index (Phi) is 5.77. The number of nitrogens with zero attached hydrogens (tertiary/aromatic N) is 1. The standard InChI is InChI=1S/C20H24N2O3/c1-2-22(16-9-4-3-5-10-16)14-8-13-21-20(23)19-15-24-17-11-6-7-12-18(17)25-19/h3-7,9-12,19H,2,8,13-15H2,1H3,(H,21,23)/t19-/m1/s1.